The van der Waals surface area contributed by atoms with E-state index in [4.69, 9.17) is 10.5 Å². The van der Waals surface area contributed by atoms with E-state index < -0.39 is 58.0 Å². The summed E-state index contributed by atoms with van der Waals surface area (Å²) in [5.74, 6) is -6.41. The Morgan fingerprint density at radius 2 is 1.88 bits per heavy atom. The van der Waals surface area contributed by atoms with Gasteiger partial charge in [-0.05, 0) is 51.3 Å². The molecular weight excluding hydrogens is 518 g/mol. The van der Waals surface area contributed by atoms with Crippen molar-refractivity contribution in [2.45, 2.75) is 64.8 Å². The average Bonchev–Trinajstić information content (AvgIpc) is 2.83. The summed E-state index contributed by atoms with van der Waals surface area (Å²) in [6.07, 6.45) is 0.174. The molecule has 0 aromatic heterocycles. The number of nitrogens with one attached hydrogen (secondary N) is 1. The minimum Gasteiger partial charge on any atom is -0.510 e. The molecule has 0 heterocycles. The quantitative estimate of drug-likeness (QED) is 0.281. The third kappa shape index (κ3) is 4.27. The van der Waals surface area contributed by atoms with E-state index in [1.807, 2.05) is 0 Å². The van der Waals surface area contributed by atoms with Crippen LogP contribution in [0.2, 0.25) is 0 Å². The fourth-order valence-electron chi connectivity index (χ4n) is 6.32. The number of aliphatic hydroxyl groups excluding tert-OH is 2. The summed E-state index contributed by atoms with van der Waals surface area (Å²) in [4.78, 5) is 40.9. The maximum atomic E-state index is 13.8. The second-order valence-electron chi connectivity index (χ2n) is 12.4. The number of aromatic hydroxyl groups is 1. The normalized spacial score (nSPS) is 27.4. The first-order valence-corrected chi connectivity index (χ1v) is 13.3. The Balaban J connectivity index is 1.86. The maximum absolute atomic E-state index is 13.8. The number of ketones is 2. The van der Waals surface area contributed by atoms with Crippen LogP contribution in [0, 0.1) is 17.3 Å². The lowest BCUT2D eigenvalue weighted by Gasteiger charge is -2.50. The van der Waals surface area contributed by atoms with Gasteiger partial charge in [-0.3, -0.25) is 19.3 Å². The molecular formula is C29H39N3O8. The number of ether oxygens (including phenoxy) is 1. The average molecular weight is 558 g/mol. The van der Waals surface area contributed by atoms with Crippen molar-refractivity contribution in [2.75, 3.05) is 21.2 Å². The van der Waals surface area contributed by atoms with Crippen molar-refractivity contribution in [1.82, 2.24) is 10.2 Å². The number of likely N-dealkylation sites (N-methyl/N-ethyl adjacent to an activating group) is 1. The van der Waals surface area contributed by atoms with E-state index in [-0.39, 0.29) is 41.2 Å². The van der Waals surface area contributed by atoms with Crippen LogP contribution in [0.3, 0.4) is 0 Å². The highest BCUT2D eigenvalue weighted by Gasteiger charge is 2.63. The van der Waals surface area contributed by atoms with E-state index in [0.29, 0.717) is 23.4 Å². The molecule has 4 rings (SSSR count). The number of carbonyl (C=O) groups is 3. The molecule has 0 radical (unpaired) electrons. The smallest absolute Gasteiger partial charge is 0.255 e. The summed E-state index contributed by atoms with van der Waals surface area (Å²) in [5.41, 5.74) is 2.67. The lowest BCUT2D eigenvalue weighted by molar-refractivity contribution is -0.148. The van der Waals surface area contributed by atoms with Crippen LogP contribution in [0.15, 0.2) is 28.7 Å². The SMILES string of the molecule is COc1c(CN[C@H](C)C(C)(C)C)cc(O)c2c1C[C@H]1C[C@H]3[C@H](N(C)C)C(O)=C(C(N)=O)C(=O)[C@@]3(O)C(O)=C1C2=O. The Hall–Kier alpha value is -3.41. The maximum Gasteiger partial charge on any atom is 0.255 e. The number of primary amides is 1. The number of Topliss-reactive ketones (excluding diaryl/α,β-unsaturated/α-hetero) is 2. The minimum absolute atomic E-state index is 0.0131. The van der Waals surface area contributed by atoms with Crippen LogP contribution in [-0.4, -0.2) is 81.7 Å². The zero-order valence-corrected chi connectivity index (χ0v) is 24.0. The second-order valence-corrected chi connectivity index (χ2v) is 12.4. The molecule has 40 heavy (non-hydrogen) atoms. The van der Waals surface area contributed by atoms with Crippen molar-refractivity contribution < 1.29 is 39.5 Å². The number of hydrogen-bond donors (Lipinski definition) is 6. The van der Waals surface area contributed by atoms with E-state index >= 15 is 0 Å². The van der Waals surface area contributed by atoms with Crippen LogP contribution in [0.4, 0.5) is 0 Å². The molecule has 1 amide bonds. The van der Waals surface area contributed by atoms with Crippen molar-refractivity contribution in [3.8, 4) is 11.5 Å². The Bertz CT molecular complexity index is 1360. The monoisotopic (exact) mass is 557 g/mol. The zero-order chi connectivity index (χ0) is 30.1. The molecule has 0 saturated carbocycles. The third-order valence-corrected chi connectivity index (χ3v) is 8.85. The van der Waals surface area contributed by atoms with Gasteiger partial charge in [-0.25, -0.2) is 0 Å². The first-order chi connectivity index (χ1) is 18.5. The number of phenolic OH excluding ortho intramolecular Hbond substituents is 1. The molecule has 0 spiro atoms. The summed E-state index contributed by atoms with van der Waals surface area (Å²) >= 11 is 0. The van der Waals surface area contributed by atoms with Gasteiger partial charge in [0, 0.05) is 35.2 Å². The summed E-state index contributed by atoms with van der Waals surface area (Å²) in [6.45, 7) is 8.73. The number of benzene rings is 1. The van der Waals surface area contributed by atoms with Crippen LogP contribution in [0.5, 0.6) is 11.5 Å². The van der Waals surface area contributed by atoms with Gasteiger partial charge in [0.05, 0.1) is 18.7 Å². The number of aliphatic hydroxyl groups is 3. The summed E-state index contributed by atoms with van der Waals surface area (Å²) in [7, 11) is 4.66. The summed E-state index contributed by atoms with van der Waals surface area (Å²) < 4.78 is 5.74. The number of rotatable bonds is 6. The number of fused-ring (bicyclic) bond motifs is 3. The Morgan fingerprint density at radius 3 is 2.40 bits per heavy atom. The van der Waals surface area contributed by atoms with Crippen molar-refractivity contribution in [2.24, 2.45) is 23.0 Å². The van der Waals surface area contributed by atoms with Crippen molar-refractivity contribution in [3.05, 3.63) is 45.4 Å². The largest absolute Gasteiger partial charge is 0.510 e. The summed E-state index contributed by atoms with van der Waals surface area (Å²) in [6, 6.07) is 0.517. The van der Waals surface area contributed by atoms with Gasteiger partial charge in [0.2, 0.25) is 5.78 Å². The predicted molar refractivity (Wildman–Crippen MR) is 146 cm³/mol. The fraction of sp³-hybridized carbons (Fsp3) is 0.552. The number of nitrogens with zero attached hydrogens (tertiary/aromatic N) is 1. The third-order valence-electron chi connectivity index (χ3n) is 8.85. The van der Waals surface area contributed by atoms with Gasteiger partial charge in [-0.2, -0.15) is 0 Å². The van der Waals surface area contributed by atoms with E-state index in [9.17, 15) is 34.8 Å². The van der Waals surface area contributed by atoms with Crippen molar-refractivity contribution >= 4 is 17.5 Å². The van der Waals surface area contributed by atoms with Gasteiger partial charge >= 0.3 is 0 Å². The molecule has 0 bridgehead atoms. The highest BCUT2D eigenvalue weighted by Crippen LogP contribution is 2.53. The molecule has 5 atom stereocenters. The lowest BCUT2D eigenvalue weighted by atomic mass is 9.58. The number of hydrogen-bond acceptors (Lipinski definition) is 10. The highest BCUT2D eigenvalue weighted by atomic mass is 16.5. The molecule has 1 aromatic carbocycles. The summed E-state index contributed by atoms with van der Waals surface area (Å²) in [5, 5.41) is 48.4. The number of methoxy groups -OCH3 is 1. The highest BCUT2D eigenvalue weighted by molar-refractivity contribution is 6.24. The van der Waals surface area contributed by atoms with Crippen LogP contribution >= 0.6 is 0 Å². The van der Waals surface area contributed by atoms with E-state index in [0.717, 1.165) is 0 Å². The Labute approximate surface area is 233 Å². The number of carbonyl (C=O) groups excluding carboxylic acids is 3. The standard InChI is InChI=1S/C29H39N3O8/c1-12(28(2,3)4)31-11-14-10-17(33)19-15(24(14)40-7)8-13-9-16-21(32(5)6)23(35)20(27(30)38)26(37)29(16,39)25(36)18(13)22(19)34/h10,12-13,16,21,31,33,35-36,39H,8-9,11H2,1-7H3,(H2,30,38)/t12-,13+,16+,21+,29+/m1/s1. The Kier molecular flexibility index (Phi) is 7.32. The predicted octanol–water partition coefficient (Wildman–Crippen LogP) is 1.65. The number of nitrogens with two attached hydrogens (primary N) is 1. The van der Waals surface area contributed by atoms with E-state index in [2.05, 4.69) is 33.0 Å². The van der Waals surface area contributed by atoms with Gasteiger partial charge in [-0.1, -0.05) is 20.8 Å². The Morgan fingerprint density at radius 1 is 1.25 bits per heavy atom. The lowest BCUT2D eigenvalue weighted by Crippen LogP contribution is -2.63. The van der Waals surface area contributed by atoms with Crippen molar-refractivity contribution in [1.29, 1.82) is 0 Å². The molecule has 7 N–H and O–H groups in total. The van der Waals surface area contributed by atoms with Crippen molar-refractivity contribution in [3.63, 3.8) is 0 Å². The molecule has 0 fully saturated rings. The topological polar surface area (TPSA) is 183 Å². The minimum atomic E-state index is -2.67. The van der Waals surface area contributed by atoms with E-state index in [1.165, 1.54) is 18.1 Å². The molecule has 0 aliphatic heterocycles. The van der Waals surface area contributed by atoms with Crippen LogP contribution < -0.4 is 15.8 Å². The number of allylic oxidation sites excluding steroid dienone is 1. The van der Waals surface area contributed by atoms with Gasteiger partial charge < -0.3 is 36.2 Å². The molecule has 3 aliphatic carbocycles. The first-order valence-electron chi connectivity index (χ1n) is 13.3. The van der Waals surface area contributed by atoms with Crippen LogP contribution in [-0.2, 0) is 22.6 Å². The molecule has 0 unspecified atom stereocenters. The van der Waals surface area contributed by atoms with E-state index in [1.54, 1.807) is 14.1 Å². The fourth-order valence-corrected chi connectivity index (χ4v) is 6.32. The molecule has 3 aliphatic rings. The van der Waals surface area contributed by atoms with Crippen LogP contribution in [0.1, 0.15) is 55.6 Å². The van der Waals surface area contributed by atoms with Gasteiger partial charge in [0.15, 0.2) is 11.4 Å². The molecule has 1 aromatic rings. The van der Waals surface area contributed by atoms with Gasteiger partial charge in [-0.15, -0.1) is 0 Å². The molecule has 11 nitrogen and oxygen atoms in total. The molecule has 0 saturated heterocycles. The van der Waals surface area contributed by atoms with Crippen LogP contribution in [0.25, 0.3) is 0 Å². The van der Waals surface area contributed by atoms with Gasteiger partial charge in [0.25, 0.3) is 5.91 Å². The molecule has 11 heteroatoms. The second kappa shape index (κ2) is 9.90. The van der Waals surface area contributed by atoms with Gasteiger partial charge in [0.1, 0.15) is 28.6 Å². The molecule has 218 valence electrons. The number of phenols is 1. The first kappa shape index (κ1) is 29.6. The zero-order valence-electron chi connectivity index (χ0n) is 24.0. The number of amides is 1.